The fourth-order valence-electron chi connectivity index (χ4n) is 4.55. The van der Waals surface area contributed by atoms with Gasteiger partial charge in [-0.05, 0) is 112 Å². The molecule has 1 aromatic carbocycles. The van der Waals surface area contributed by atoms with Crippen molar-refractivity contribution in [1.29, 1.82) is 0 Å². The zero-order valence-electron chi connectivity index (χ0n) is 18.4. The highest BCUT2D eigenvalue weighted by atomic mass is 16.5. The Kier molecular flexibility index (Phi) is 7.23. The van der Waals surface area contributed by atoms with Crippen molar-refractivity contribution in [2.24, 2.45) is 5.41 Å². The van der Waals surface area contributed by atoms with Gasteiger partial charge in [0.05, 0.1) is 0 Å². The molecule has 0 aliphatic heterocycles. The van der Waals surface area contributed by atoms with Crippen LogP contribution in [-0.2, 0) is 22.4 Å². The van der Waals surface area contributed by atoms with Crippen LogP contribution in [0.3, 0.4) is 0 Å². The maximum atomic E-state index is 10.6. The van der Waals surface area contributed by atoms with Gasteiger partial charge in [0.2, 0.25) is 0 Å². The summed E-state index contributed by atoms with van der Waals surface area (Å²) in [5.41, 5.74) is 6.59. The van der Waals surface area contributed by atoms with Crippen LogP contribution in [0.1, 0.15) is 106 Å². The third-order valence-corrected chi connectivity index (χ3v) is 7.37. The van der Waals surface area contributed by atoms with Crippen LogP contribution in [0.5, 0.6) is 0 Å². The zero-order valence-corrected chi connectivity index (χ0v) is 18.4. The molecule has 0 heterocycles. The standard InChI is InChI=1S/C26H40O2/c1-21-18-23(10-6-4-5-8-12-25(3)14-15-25)19-24(22(21)2)11-7-9-13-26(16-17-26)28-20-27/h18-20H,4-17H2,1-3H3. The lowest BCUT2D eigenvalue weighted by Crippen LogP contribution is -2.12. The molecule has 156 valence electrons. The van der Waals surface area contributed by atoms with E-state index in [0.717, 1.165) is 37.5 Å². The van der Waals surface area contributed by atoms with Crippen LogP contribution in [0.25, 0.3) is 0 Å². The van der Waals surface area contributed by atoms with Crippen LogP contribution in [0, 0.1) is 19.3 Å². The summed E-state index contributed by atoms with van der Waals surface area (Å²) in [6.45, 7) is 7.61. The van der Waals surface area contributed by atoms with Crippen LogP contribution in [0.15, 0.2) is 12.1 Å². The van der Waals surface area contributed by atoms with Gasteiger partial charge >= 0.3 is 0 Å². The Balaban J connectivity index is 1.38. The van der Waals surface area contributed by atoms with E-state index in [0.29, 0.717) is 6.47 Å². The van der Waals surface area contributed by atoms with Gasteiger partial charge in [-0.25, -0.2) is 0 Å². The molecule has 0 unspecified atom stereocenters. The number of hydrogen-bond acceptors (Lipinski definition) is 2. The minimum Gasteiger partial charge on any atom is -0.461 e. The van der Waals surface area contributed by atoms with Crippen LogP contribution in [0.4, 0.5) is 0 Å². The van der Waals surface area contributed by atoms with Crippen molar-refractivity contribution in [1.82, 2.24) is 0 Å². The van der Waals surface area contributed by atoms with Gasteiger partial charge < -0.3 is 4.74 Å². The van der Waals surface area contributed by atoms with Crippen molar-refractivity contribution in [2.75, 3.05) is 0 Å². The summed E-state index contributed by atoms with van der Waals surface area (Å²) in [5, 5.41) is 0. The molecule has 2 heteroatoms. The normalized spacial score (nSPS) is 18.7. The Hall–Kier alpha value is -1.31. The Morgan fingerprint density at radius 2 is 1.57 bits per heavy atom. The van der Waals surface area contributed by atoms with E-state index in [1.165, 1.54) is 80.0 Å². The Morgan fingerprint density at radius 3 is 2.25 bits per heavy atom. The number of aryl methyl sites for hydroxylation is 3. The quantitative estimate of drug-likeness (QED) is 0.254. The first-order valence-corrected chi connectivity index (χ1v) is 11.7. The summed E-state index contributed by atoms with van der Waals surface area (Å²) >= 11 is 0. The van der Waals surface area contributed by atoms with Gasteiger partial charge in [0.15, 0.2) is 0 Å². The maximum Gasteiger partial charge on any atom is 0.293 e. The zero-order chi connectivity index (χ0) is 20.0. The number of unbranched alkanes of at least 4 members (excludes halogenated alkanes) is 4. The molecule has 0 bridgehead atoms. The molecule has 3 rings (SSSR count). The van der Waals surface area contributed by atoms with E-state index < -0.39 is 0 Å². The van der Waals surface area contributed by atoms with Gasteiger partial charge in [-0.2, -0.15) is 0 Å². The van der Waals surface area contributed by atoms with Gasteiger partial charge in [-0.15, -0.1) is 0 Å². The van der Waals surface area contributed by atoms with E-state index in [-0.39, 0.29) is 5.60 Å². The monoisotopic (exact) mass is 384 g/mol. The van der Waals surface area contributed by atoms with Crippen molar-refractivity contribution in [2.45, 2.75) is 116 Å². The minimum atomic E-state index is -0.0918. The van der Waals surface area contributed by atoms with Crippen molar-refractivity contribution in [3.8, 4) is 0 Å². The largest absolute Gasteiger partial charge is 0.461 e. The summed E-state index contributed by atoms with van der Waals surface area (Å²) in [6, 6.07) is 4.86. The topological polar surface area (TPSA) is 26.3 Å². The molecular formula is C26H40O2. The first-order valence-electron chi connectivity index (χ1n) is 11.7. The summed E-state index contributed by atoms with van der Waals surface area (Å²) in [7, 11) is 0. The van der Waals surface area contributed by atoms with Crippen LogP contribution < -0.4 is 0 Å². The SMILES string of the molecule is Cc1cc(CCCCCCC2(C)CC2)cc(CCCCC2(OC=O)CC2)c1C. The average molecular weight is 385 g/mol. The summed E-state index contributed by atoms with van der Waals surface area (Å²) in [4.78, 5) is 10.6. The van der Waals surface area contributed by atoms with Crippen LogP contribution in [-0.4, -0.2) is 12.1 Å². The second-order valence-corrected chi connectivity index (χ2v) is 10.0. The maximum absolute atomic E-state index is 10.6. The molecule has 2 aliphatic carbocycles. The van der Waals surface area contributed by atoms with Gasteiger partial charge in [0.25, 0.3) is 6.47 Å². The number of hydrogen-bond donors (Lipinski definition) is 0. The minimum absolute atomic E-state index is 0.0918. The number of rotatable bonds is 14. The van der Waals surface area contributed by atoms with Crippen molar-refractivity contribution in [3.63, 3.8) is 0 Å². The predicted octanol–water partition coefficient (Wildman–Crippen LogP) is 7.01. The van der Waals surface area contributed by atoms with E-state index >= 15 is 0 Å². The Morgan fingerprint density at radius 1 is 0.893 bits per heavy atom. The number of benzene rings is 1. The number of carbonyl (C=O) groups is 1. The molecular weight excluding hydrogens is 344 g/mol. The first-order chi connectivity index (χ1) is 13.5. The lowest BCUT2D eigenvalue weighted by molar-refractivity contribution is -0.135. The molecule has 0 aromatic heterocycles. The first kappa shape index (κ1) is 21.4. The predicted molar refractivity (Wildman–Crippen MR) is 117 cm³/mol. The van der Waals surface area contributed by atoms with E-state index in [1.807, 2.05) is 0 Å². The van der Waals surface area contributed by atoms with Crippen molar-refractivity contribution < 1.29 is 9.53 Å². The smallest absolute Gasteiger partial charge is 0.293 e. The van der Waals surface area contributed by atoms with E-state index in [1.54, 1.807) is 0 Å². The molecule has 0 spiro atoms. The summed E-state index contributed by atoms with van der Waals surface area (Å²) < 4.78 is 5.27. The molecule has 28 heavy (non-hydrogen) atoms. The van der Waals surface area contributed by atoms with Crippen molar-refractivity contribution in [3.05, 3.63) is 34.4 Å². The highest BCUT2D eigenvalue weighted by molar-refractivity contribution is 5.39. The van der Waals surface area contributed by atoms with E-state index in [9.17, 15) is 4.79 Å². The second kappa shape index (κ2) is 9.46. The molecule has 1 aromatic rings. The molecule has 0 N–H and O–H groups in total. The average Bonchev–Trinajstić information content (AvgIpc) is 3.58. The van der Waals surface area contributed by atoms with E-state index in [4.69, 9.17) is 4.74 Å². The highest BCUT2D eigenvalue weighted by Crippen LogP contribution is 2.49. The molecule has 2 fully saturated rings. The van der Waals surface area contributed by atoms with Gasteiger partial charge in [-0.1, -0.05) is 38.3 Å². The third kappa shape index (κ3) is 6.36. The van der Waals surface area contributed by atoms with Crippen molar-refractivity contribution >= 4 is 6.47 Å². The number of ether oxygens (including phenoxy) is 1. The lowest BCUT2D eigenvalue weighted by atomic mass is 9.93. The van der Waals surface area contributed by atoms with Gasteiger partial charge in [0, 0.05) is 0 Å². The number of carbonyl (C=O) groups excluding carboxylic acids is 1. The molecule has 2 saturated carbocycles. The van der Waals surface area contributed by atoms with Gasteiger partial charge in [0.1, 0.15) is 5.60 Å². The molecule has 0 saturated heterocycles. The van der Waals surface area contributed by atoms with E-state index in [2.05, 4.69) is 32.9 Å². The molecule has 0 amide bonds. The molecule has 2 aliphatic rings. The fraction of sp³-hybridized carbons (Fsp3) is 0.731. The molecule has 0 atom stereocenters. The van der Waals surface area contributed by atoms with Crippen LogP contribution in [0.2, 0.25) is 0 Å². The summed E-state index contributed by atoms with van der Waals surface area (Å²) in [5.74, 6) is 0. The second-order valence-electron chi connectivity index (χ2n) is 10.0. The Labute approximate surface area is 172 Å². The molecule has 2 nitrogen and oxygen atoms in total. The lowest BCUT2D eigenvalue weighted by Gasteiger charge is -2.15. The van der Waals surface area contributed by atoms with Crippen LogP contribution >= 0.6 is 0 Å². The Bertz CT molecular complexity index is 653. The summed E-state index contributed by atoms with van der Waals surface area (Å²) in [6.07, 6.45) is 17.7. The highest BCUT2D eigenvalue weighted by Gasteiger charge is 2.44. The fourth-order valence-corrected chi connectivity index (χ4v) is 4.55. The third-order valence-electron chi connectivity index (χ3n) is 7.37. The van der Waals surface area contributed by atoms with Gasteiger partial charge in [-0.3, -0.25) is 4.79 Å². The molecule has 0 radical (unpaired) electrons.